The molecule has 162 valence electrons. The van der Waals surface area contributed by atoms with Crippen molar-refractivity contribution >= 4 is 34.8 Å². The van der Waals surface area contributed by atoms with Gasteiger partial charge in [-0.2, -0.15) is 5.10 Å². The Bertz CT molecular complexity index is 1110. The molecule has 0 saturated heterocycles. The average molecular weight is 441 g/mol. The standard InChI is InChI=1S/C23H25ClN4O3/c1-5-31-21-9-7-6-8-18(21)23(30)25-17-10-11-20(19(24)13-17)26-22(29)16(4)28-15(3)12-14(2)27-28/h6-13,16H,5H2,1-4H3,(H,25,30)(H,26,29). The van der Waals surface area contributed by atoms with Gasteiger partial charge in [-0.25, -0.2) is 0 Å². The molecule has 2 amide bonds. The number of rotatable bonds is 7. The molecule has 31 heavy (non-hydrogen) atoms. The monoisotopic (exact) mass is 440 g/mol. The first-order valence-electron chi connectivity index (χ1n) is 9.96. The number of anilines is 2. The maximum absolute atomic E-state index is 12.7. The third-order valence-corrected chi connectivity index (χ3v) is 5.02. The van der Waals surface area contributed by atoms with Crippen LogP contribution in [0.2, 0.25) is 5.02 Å². The number of aryl methyl sites for hydroxylation is 2. The number of halogens is 1. The molecule has 0 saturated carbocycles. The van der Waals surface area contributed by atoms with Gasteiger partial charge in [0.05, 0.1) is 28.6 Å². The zero-order valence-corrected chi connectivity index (χ0v) is 18.7. The fourth-order valence-corrected chi connectivity index (χ4v) is 3.44. The van der Waals surface area contributed by atoms with Crippen LogP contribution in [0.25, 0.3) is 0 Å². The maximum atomic E-state index is 12.7. The van der Waals surface area contributed by atoms with Crippen LogP contribution in [0.15, 0.2) is 48.5 Å². The largest absolute Gasteiger partial charge is 0.493 e. The number of hydrogen-bond donors (Lipinski definition) is 2. The third kappa shape index (κ3) is 5.24. The normalized spacial score (nSPS) is 11.6. The van der Waals surface area contributed by atoms with E-state index in [4.69, 9.17) is 16.3 Å². The highest BCUT2D eigenvalue weighted by Crippen LogP contribution is 2.27. The molecule has 0 spiro atoms. The van der Waals surface area contributed by atoms with Gasteiger partial charge in [-0.3, -0.25) is 14.3 Å². The van der Waals surface area contributed by atoms with Crippen molar-refractivity contribution in [3.05, 3.63) is 70.5 Å². The summed E-state index contributed by atoms with van der Waals surface area (Å²) in [6.45, 7) is 7.87. The fraction of sp³-hybridized carbons (Fsp3) is 0.261. The summed E-state index contributed by atoms with van der Waals surface area (Å²) in [4.78, 5) is 25.3. The van der Waals surface area contributed by atoms with Crippen LogP contribution in [0.3, 0.4) is 0 Å². The Morgan fingerprint density at radius 3 is 2.52 bits per heavy atom. The molecule has 2 aromatic carbocycles. The zero-order valence-electron chi connectivity index (χ0n) is 17.9. The molecule has 0 fully saturated rings. The fourth-order valence-electron chi connectivity index (χ4n) is 3.21. The lowest BCUT2D eigenvalue weighted by atomic mass is 10.1. The summed E-state index contributed by atoms with van der Waals surface area (Å²) in [5.41, 5.74) is 3.13. The number of carbonyl (C=O) groups excluding carboxylic acids is 2. The van der Waals surface area contributed by atoms with Gasteiger partial charge < -0.3 is 15.4 Å². The number of aromatic nitrogens is 2. The molecular formula is C23H25ClN4O3. The molecule has 3 rings (SSSR count). The minimum Gasteiger partial charge on any atom is -0.493 e. The summed E-state index contributed by atoms with van der Waals surface area (Å²) in [5, 5.41) is 10.3. The van der Waals surface area contributed by atoms with Crippen LogP contribution < -0.4 is 15.4 Å². The molecular weight excluding hydrogens is 416 g/mol. The van der Waals surface area contributed by atoms with Crippen molar-refractivity contribution < 1.29 is 14.3 Å². The minimum atomic E-state index is -0.501. The highest BCUT2D eigenvalue weighted by atomic mass is 35.5. The van der Waals surface area contributed by atoms with Gasteiger partial charge in [0.1, 0.15) is 11.8 Å². The molecule has 8 heteroatoms. The van der Waals surface area contributed by atoms with Crippen LogP contribution in [-0.4, -0.2) is 28.2 Å². The Hall–Kier alpha value is -3.32. The van der Waals surface area contributed by atoms with Crippen molar-refractivity contribution in [1.29, 1.82) is 0 Å². The van der Waals surface area contributed by atoms with E-state index in [0.717, 1.165) is 11.4 Å². The van der Waals surface area contributed by atoms with Gasteiger partial charge >= 0.3 is 0 Å². The summed E-state index contributed by atoms with van der Waals surface area (Å²) >= 11 is 6.36. The Labute approximate surface area is 186 Å². The number of amides is 2. The van der Waals surface area contributed by atoms with Crippen molar-refractivity contribution in [3.63, 3.8) is 0 Å². The molecule has 1 aromatic heterocycles. The van der Waals surface area contributed by atoms with Crippen LogP contribution in [0.5, 0.6) is 5.75 Å². The van der Waals surface area contributed by atoms with Gasteiger partial charge in [-0.1, -0.05) is 23.7 Å². The number of ether oxygens (including phenoxy) is 1. The Morgan fingerprint density at radius 1 is 1.13 bits per heavy atom. The summed E-state index contributed by atoms with van der Waals surface area (Å²) in [6.07, 6.45) is 0. The lowest BCUT2D eigenvalue weighted by Gasteiger charge is -2.16. The smallest absolute Gasteiger partial charge is 0.259 e. The molecule has 2 N–H and O–H groups in total. The predicted octanol–water partition coefficient (Wildman–Crippen LogP) is 5.00. The van der Waals surface area contributed by atoms with E-state index in [0.29, 0.717) is 34.3 Å². The van der Waals surface area contributed by atoms with Crippen molar-refractivity contribution in [3.8, 4) is 5.75 Å². The molecule has 0 aliphatic rings. The molecule has 0 radical (unpaired) electrons. The number of hydrogen-bond acceptors (Lipinski definition) is 4. The molecule has 1 heterocycles. The Morgan fingerprint density at radius 2 is 1.87 bits per heavy atom. The van der Waals surface area contributed by atoms with Crippen molar-refractivity contribution in [2.75, 3.05) is 17.2 Å². The topological polar surface area (TPSA) is 85.3 Å². The summed E-state index contributed by atoms with van der Waals surface area (Å²) in [7, 11) is 0. The average Bonchev–Trinajstić information content (AvgIpc) is 3.07. The Kier molecular flexibility index (Phi) is 6.97. The first-order chi connectivity index (χ1) is 14.8. The second-order valence-electron chi connectivity index (χ2n) is 7.11. The summed E-state index contributed by atoms with van der Waals surface area (Å²) < 4.78 is 7.18. The van der Waals surface area contributed by atoms with Crippen LogP contribution >= 0.6 is 11.6 Å². The van der Waals surface area contributed by atoms with E-state index in [2.05, 4.69) is 15.7 Å². The summed E-state index contributed by atoms with van der Waals surface area (Å²) in [5.74, 6) is -0.0406. The van der Waals surface area contributed by atoms with Gasteiger partial charge in [0.25, 0.3) is 5.91 Å². The number of benzene rings is 2. The third-order valence-electron chi connectivity index (χ3n) is 4.71. The van der Waals surface area contributed by atoms with Crippen LogP contribution in [-0.2, 0) is 4.79 Å². The SMILES string of the molecule is CCOc1ccccc1C(=O)Nc1ccc(NC(=O)C(C)n2nc(C)cc2C)c(Cl)c1. The highest BCUT2D eigenvalue weighted by Gasteiger charge is 2.19. The number of para-hydroxylation sites is 1. The lowest BCUT2D eigenvalue weighted by molar-refractivity contribution is -0.119. The van der Waals surface area contributed by atoms with Crippen LogP contribution in [0.4, 0.5) is 11.4 Å². The zero-order chi connectivity index (χ0) is 22.5. The number of carbonyl (C=O) groups is 2. The number of nitrogens with one attached hydrogen (secondary N) is 2. The van der Waals surface area contributed by atoms with Crippen LogP contribution in [0, 0.1) is 13.8 Å². The molecule has 0 aliphatic heterocycles. The van der Waals surface area contributed by atoms with E-state index in [9.17, 15) is 9.59 Å². The van der Waals surface area contributed by atoms with Gasteiger partial charge in [-0.05, 0) is 64.1 Å². The molecule has 3 aromatic rings. The van der Waals surface area contributed by atoms with Gasteiger partial charge in [0.15, 0.2) is 0 Å². The molecule has 0 bridgehead atoms. The van der Waals surface area contributed by atoms with Gasteiger partial charge in [0.2, 0.25) is 5.91 Å². The van der Waals surface area contributed by atoms with Crippen molar-refractivity contribution in [1.82, 2.24) is 9.78 Å². The molecule has 7 nitrogen and oxygen atoms in total. The summed E-state index contributed by atoms with van der Waals surface area (Å²) in [6, 6.07) is 13.3. The van der Waals surface area contributed by atoms with Crippen molar-refractivity contribution in [2.24, 2.45) is 0 Å². The predicted molar refractivity (Wildman–Crippen MR) is 122 cm³/mol. The van der Waals surface area contributed by atoms with E-state index in [1.165, 1.54) is 0 Å². The van der Waals surface area contributed by atoms with Gasteiger partial charge in [0, 0.05) is 11.4 Å². The van der Waals surface area contributed by atoms with Crippen molar-refractivity contribution in [2.45, 2.75) is 33.7 Å². The first kappa shape index (κ1) is 22.4. The first-order valence-corrected chi connectivity index (χ1v) is 10.3. The van der Waals surface area contributed by atoms with E-state index >= 15 is 0 Å². The lowest BCUT2D eigenvalue weighted by Crippen LogP contribution is -2.25. The minimum absolute atomic E-state index is 0.240. The quantitative estimate of drug-likeness (QED) is 0.541. The van der Waals surface area contributed by atoms with E-state index in [1.54, 1.807) is 48.0 Å². The van der Waals surface area contributed by atoms with E-state index in [1.807, 2.05) is 32.9 Å². The maximum Gasteiger partial charge on any atom is 0.259 e. The second kappa shape index (κ2) is 9.66. The second-order valence-corrected chi connectivity index (χ2v) is 7.52. The van der Waals surface area contributed by atoms with E-state index < -0.39 is 6.04 Å². The van der Waals surface area contributed by atoms with Crippen LogP contribution in [0.1, 0.15) is 41.6 Å². The van der Waals surface area contributed by atoms with E-state index in [-0.39, 0.29) is 11.8 Å². The van der Waals surface area contributed by atoms with Gasteiger partial charge in [-0.15, -0.1) is 0 Å². The Balaban J connectivity index is 1.71. The molecule has 0 aliphatic carbocycles. The number of nitrogens with zero attached hydrogens (tertiary/aromatic N) is 2. The highest BCUT2D eigenvalue weighted by molar-refractivity contribution is 6.34. The molecule has 1 unspecified atom stereocenters. The molecule has 1 atom stereocenters.